The van der Waals surface area contributed by atoms with Crippen LogP contribution in [0.15, 0.2) is 65.7 Å². The van der Waals surface area contributed by atoms with E-state index in [4.69, 9.17) is 9.72 Å². The van der Waals surface area contributed by atoms with Crippen molar-refractivity contribution in [1.82, 2.24) is 14.3 Å². The van der Waals surface area contributed by atoms with Crippen LogP contribution in [-0.4, -0.2) is 48.8 Å². The summed E-state index contributed by atoms with van der Waals surface area (Å²) in [5.74, 6) is 0.959. The molecule has 1 aliphatic heterocycles. The smallest absolute Gasteiger partial charge is 0.260 e. The van der Waals surface area contributed by atoms with Crippen molar-refractivity contribution in [2.75, 3.05) is 25.1 Å². The highest BCUT2D eigenvalue weighted by Crippen LogP contribution is 2.37. The van der Waals surface area contributed by atoms with Gasteiger partial charge in [-0.25, -0.2) is 13.4 Å². The van der Waals surface area contributed by atoms with E-state index in [1.807, 2.05) is 37.3 Å². The van der Waals surface area contributed by atoms with Gasteiger partial charge in [0.05, 0.1) is 28.9 Å². The van der Waals surface area contributed by atoms with Crippen LogP contribution >= 0.6 is 11.3 Å². The molecule has 1 fully saturated rings. The number of hydrogen-bond donors (Lipinski definition) is 0. The Morgan fingerprint density at radius 1 is 1.08 bits per heavy atom. The molecule has 3 heterocycles. The number of carbonyl (C=O) groups excluding carboxylic acids is 1. The predicted molar refractivity (Wildman–Crippen MR) is 154 cm³/mol. The number of amides is 1. The zero-order valence-corrected chi connectivity index (χ0v) is 24.1. The number of fused-ring (bicyclic) bond motifs is 1. The lowest BCUT2D eigenvalue weighted by molar-refractivity contribution is 0.0984. The van der Waals surface area contributed by atoms with E-state index in [-0.39, 0.29) is 17.3 Å². The van der Waals surface area contributed by atoms with Crippen molar-refractivity contribution in [1.29, 1.82) is 0 Å². The van der Waals surface area contributed by atoms with Crippen molar-refractivity contribution < 1.29 is 17.9 Å². The first kappa shape index (κ1) is 27.2. The number of rotatable bonds is 7. The molecule has 0 radical (unpaired) electrons. The van der Waals surface area contributed by atoms with Gasteiger partial charge in [0.2, 0.25) is 10.0 Å². The zero-order chi connectivity index (χ0) is 27.7. The number of anilines is 1. The first-order chi connectivity index (χ1) is 18.7. The predicted octanol–water partition coefficient (Wildman–Crippen LogP) is 5.52. The van der Waals surface area contributed by atoms with E-state index in [0.717, 1.165) is 16.7 Å². The fraction of sp³-hybridized carbons (Fsp3) is 0.345. The number of methoxy groups -OCH3 is 1. The highest BCUT2D eigenvalue weighted by atomic mass is 32.2. The van der Waals surface area contributed by atoms with E-state index < -0.39 is 10.0 Å². The van der Waals surface area contributed by atoms with Crippen LogP contribution in [-0.2, 0) is 16.6 Å². The minimum Gasteiger partial charge on any atom is -0.494 e. The van der Waals surface area contributed by atoms with Gasteiger partial charge in [-0.05, 0) is 73.2 Å². The van der Waals surface area contributed by atoms with Crippen LogP contribution in [0, 0.1) is 18.8 Å². The molecule has 0 aliphatic carbocycles. The number of hydrogen-bond acceptors (Lipinski definition) is 7. The van der Waals surface area contributed by atoms with Crippen LogP contribution in [0.1, 0.15) is 41.9 Å². The zero-order valence-electron chi connectivity index (χ0n) is 22.5. The molecule has 39 heavy (non-hydrogen) atoms. The van der Waals surface area contributed by atoms with Crippen molar-refractivity contribution in [2.45, 2.75) is 38.6 Å². The number of nitrogens with zero attached hydrogens (tertiary/aromatic N) is 4. The Morgan fingerprint density at radius 2 is 1.79 bits per heavy atom. The van der Waals surface area contributed by atoms with E-state index >= 15 is 0 Å². The van der Waals surface area contributed by atoms with Gasteiger partial charge in [0.15, 0.2) is 5.13 Å². The molecular weight excluding hydrogens is 532 g/mol. The highest BCUT2D eigenvalue weighted by molar-refractivity contribution is 7.89. The molecule has 2 aromatic carbocycles. The van der Waals surface area contributed by atoms with Crippen LogP contribution in [0.2, 0.25) is 0 Å². The lowest BCUT2D eigenvalue weighted by Crippen LogP contribution is -2.42. The van der Waals surface area contributed by atoms with Crippen LogP contribution < -0.4 is 9.64 Å². The van der Waals surface area contributed by atoms with Gasteiger partial charge in [-0.1, -0.05) is 37.3 Å². The van der Waals surface area contributed by atoms with Crippen molar-refractivity contribution in [3.8, 4) is 5.75 Å². The normalized spacial score (nSPS) is 18.3. The Hall–Kier alpha value is -3.34. The third-order valence-corrected chi connectivity index (χ3v) is 10.1. The molecule has 0 bridgehead atoms. The molecule has 5 rings (SSSR count). The maximum absolute atomic E-state index is 13.9. The third-order valence-electron chi connectivity index (χ3n) is 7.01. The topological polar surface area (TPSA) is 92.7 Å². The number of ether oxygens (including phenoxy) is 1. The molecular formula is C29H32N4O4S2. The monoisotopic (exact) mass is 564 g/mol. The molecule has 10 heteroatoms. The summed E-state index contributed by atoms with van der Waals surface area (Å²) < 4.78 is 34.7. The minimum absolute atomic E-state index is 0.192. The van der Waals surface area contributed by atoms with Gasteiger partial charge in [-0.15, -0.1) is 0 Å². The molecule has 1 saturated heterocycles. The van der Waals surface area contributed by atoms with E-state index in [1.165, 1.54) is 23.5 Å². The summed E-state index contributed by atoms with van der Waals surface area (Å²) in [6, 6.07) is 15.6. The molecule has 2 aromatic heterocycles. The Bertz CT molecular complexity index is 1580. The summed E-state index contributed by atoms with van der Waals surface area (Å²) in [6.07, 6.45) is 2.70. The Balaban J connectivity index is 1.49. The summed E-state index contributed by atoms with van der Waals surface area (Å²) in [7, 11) is -2.05. The SMILES string of the molecule is COc1ccc(C)c2sc(N(Cc3ccccn3)C(=O)c3ccc(S(=O)(=O)N4CC(C)CC(C)C4)cc3)nc12. The van der Waals surface area contributed by atoms with E-state index in [9.17, 15) is 13.2 Å². The number of aromatic nitrogens is 2. The Kier molecular flexibility index (Phi) is 7.70. The van der Waals surface area contributed by atoms with Crippen molar-refractivity contribution >= 4 is 42.6 Å². The minimum atomic E-state index is -3.65. The van der Waals surface area contributed by atoms with Crippen molar-refractivity contribution in [3.05, 3.63) is 77.6 Å². The van der Waals surface area contributed by atoms with Crippen LogP contribution in [0.5, 0.6) is 5.75 Å². The standard InChI is InChI=1S/C29H32N4O4S2/c1-19-15-20(2)17-32(16-19)39(35,36)24-11-9-22(10-12-24)28(34)33(18-23-7-5-6-14-30-23)29-31-26-25(37-4)13-8-21(3)27(26)38-29/h5-14,19-20H,15-18H2,1-4H3. The molecule has 204 valence electrons. The summed E-state index contributed by atoms with van der Waals surface area (Å²) in [5, 5.41) is 0.515. The second kappa shape index (κ2) is 11.0. The fourth-order valence-electron chi connectivity index (χ4n) is 5.13. The summed E-state index contributed by atoms with van der Waals surface area (Å²) in [5.41, 5.74) is 2.81. The van der Waals surface area contributed by atoms with Gasteiger partial charge in [0.1, 0.15) is 11.3 Å². The third kappa shape index (κ3) is 5.54. The lowest BCUT2D eigenvalue weighted by Gasteiger charge is -2.34. The number of sulfonamides is 1. The van der Waals surface area contributed by atoms with Crippen molar-refractivity contribution in [3.63, 3.8) is 0 Å². The fourth-order valence-corrected chi connectivity index (χ4v) is 7.86. The van der Waals surface area contributed by atoms with Crippen LogP contribution in [0.25, 0.3) is 10.2 Å². The molecule has 8 nitrogen and oxygen atoms in total. The molecule has 0 N–H and O–H groups in total. The maximum Gasteiger partial charge on any atom is 0.260 e. The molecule has 0 saturated carbocycles. The molecule has 1 amide bonds. The van der Waals surface area contributed by atoms with Crippen molar-refractivity contribution in [2.24, 2.45) is 11.8 Å². The second-order valence-corrected chi connectivity index (χ2v) is 13.2. The summed E-state index contributed by atoms with van der Waals surface area (Å²) >= 11 is 1.41. The number of benzene rings is 2. The average molecular weight is 565 g/mol. The van der Waals surface area contributed by atoms with Gasteiger partial charge in [-0.3, -0.25) is 14.7 Å². The van der Waals surface area contributed by atoms with E-state index in [1.54, 1.807) is 34.6 Å². The first-order valence-electron chi connectivity index (χ1n) is 12.9. The molecule has 2 unspecified atom stereocenters. The number of pyridine rings is 1. The van der Waals surface area contributed by atoms with Gasteiger partial charge in [-0.2, -0.15) is 4.31 Å². The van der Waals surface area contributed by atoms with Crippen LogP contribution in [0.4, 0.5) is 5.13 Å². The van der Waals surface area contributed by atoms with Gasteiger partial charge in [0.25, 0.3) is 5.91 Å². The van der Waals surface area contributed by atoms with Gasteiger partial charge >= 0.3 is 0 Å². The lowest BCUT2D eigenvalue weighted by atomic mass is 9.94. The quantitative estimate of drug-likeness (QED) is 0.293. The molecule has 2 atom stereocenters. The molecule has 0 spiro atoms. The Morgan fingerprint density at radius 3 is 2.44 bits per heavy atom. The van der Waals surface area contributed by atoms with E-state index in [2.05, 4.69) is 18.8 Å². The largest absolute Gasteiger partial charge is 0.494 e. The highest BCUT2D eigenvalue weighted by Gasteiger charge is 2.32. The first-order valence-corrected chi connectivity index (χ1v) is 15.2. The maximum atomic E-state index is 13.9. The van der Waals surface area contributed by atoms with Crippen LogP contribution in [0.3, 0.4) is 0 Å². The molecule has 1 aliphatic rings. The number of thiazole rings is 1. The number of piperidine rings is 1. The Labute approximate surface area is 233 Å². The number of aryl methyl sites for hydroxylation is 1. The second-order valence-electron chi connectivity index (χ2n) is 10.3. The summed E-state index contributed by atoms with van der Waals surface area (Å²) in [4.78, 5) is 24.9. The number of carbonyl (C=O) groups is 1. The average Bonchev–Trinajstić information content (AvgIpc) is 3.38. The summed E-state index contributed by atoms with van der Waals surface area (Å²) in [6.45, 7) is 7.38. The van der Waals surface area contributed by atoms with Gasteiger partial charge < -0.3 is 4.74 Å². The van der Waals surface area contributed by atoms with Gasteiger partial charge in [0, 0.05) is 24.8 Å². The molecule has 4 aromatic rings. The van der Waals surface area contributed by atoms with E-state index in [0.29, 0.717) is 52.6 Å².